The Morgan fingerprint density at radius 1 is 1.06 bits per heavy atom. The van der Waals surface area contributed by atoms with Crippen LogP contribution in [0, 0.1) is 0 Å². The second-order valence-electron chi connectivity index (χ2n) is 8.74. The molecule has 2 aromatic carbocycles. The first-order valence-corrected chi connectivity index (χ1v) is 11.8. The molecule has 8 heteroatoms. The van der Waals surface area contributed by atoms with Crippen molar-refractivity contribution in [3.63, 3.8) is 0 Å². The van der Waals surface area contributed by atoms with E-state index in [-0.39, 0.29) is 6.61 Å². The number of carbonyl (C=O) groups excluding carboxylic acids is 1. The van der Waals surface area contributed by atoms with Gasteiger partial charge < -0.3 is 14.2 Å². The topological polar surface area (TPSA) is 80.4 Å². The number of carbonyl (C=O) groups is 1. The summed E-state index contributed by atoms with van der Waals surface area (Å²) in [5.74, 6) is 0.404. The van der Waals surface area contributed by atoms with Gasteiger partial charge in [0, 0.05) is 23.1 Å². The molecule has 8 nitrogen and oxygen atoms in total. The Kier molecular flexibility index (Phi) is 7.21. The summed E-state index contributed by atoms with van der Waals surface area (Å²) in [7, 11) is 1.35. The number of ether oxygens (including phenoxy) is 3. The maximum atomic E-state index is 12.1. The zero-order valence-electron chi connectivity index (χ0n) is 20.9. The van der Waals surface area contributed by atoms with Gasteiger partial charge in [-0.05, 0) is 45.9 Å². The third-order valence-electron chi connectivity index (χ3n) is 5.92. The molecule has 0 spiro atoms. The monoisotopic (exact) mass is 476 g/mol. The molecule has 2 heterocycles. The molecule has 4 rings (SSSR count). The van der Waals surface area contributed by atoms with Gasteiger partial charge in [0.15, 0.2) is 5.60 Å². The fraction of sp³-hybridized carbons (Fsp3) is 0.370. The van der Waals surface area contributed by atoms with Crippen LogP contribution >= 0.6 is 0 Å². The molecular weight excluding hydrogens is 444 g/mol. The number of methoxy groups -OCH3 is 1. The number of para-hydroxylation sites is 1. The lowest BCUT2D eigenvalue weighted by atomic mass is 10.1. The van der Waals surface area contributed by atoms with Crippen LogP contribution in [-0.2, 0) is 34.0 Å². The molecule has 35 heavy (non-hydrogen) atoms. The summed E-state index contributed by atoms with van der Waals surface area (Å²) in [5, 5.41) is 10.4. The lowest BCUT2D eigenvalue weighted by molar-refractivity contribution is -0.166. The highest BCUT2D eigenvalue weighted by Crippen LogP contribution is 2.28. The highest BCUT2D eigenvalue weighted by Gasteiger charge is 2.30. The largest absolute Gasteiger partial charge is 0.494 e. The summed E-state index contributed by atoms with van der Waals surface area (Å²) >= 11 is 0. The molecule has 0 saturated heterocycles. The number of hydrogen-bond acceptors (Lipinski definition) is 6. The minimum absolute atomic E-state index is 0.171. The van der Waals surface area contributed by atoms with Crippen LogP contribution in [0.25, 0.3) is 22.2 Å². The third-order valence-corrected chi connectivity index (χ3v) is 5.92. The zero-order valence-corrected chi connectivity index (χ0v) is 20.9. The maximum absolute atomic E-state index is 12.1. The summed E-state index contributed by atoms with van der Waals surface area (Å²) in [6.07, 6.45) is 1.88. The van der Waals surface area contributed by atoms with Crippen LogP contribution in [0.2, 0.25) is 0 Å². The molecular formula is C27H32N4O4. The Labute approximate surface area is 205 Å². The van der Waals surface area contributed by atoms with Crippen molar-refractivity contribution < 1.29 is 19.0 Å². The molecule has 0 aliphatic rings. The number of nitrogens with zero attached hydrogens (tertiary/aromatic N) is 4. The van der Waals surface area contributed by atoms with Crippen molar-refractivity contribution in [3.8, 4) is 17.0 Å². The van der Waals surface area contributed by atoms with E-state index in [2.05, 4.69) is 30.2 Å². The number of aromatic nitrogens is 4. The molecule has 0 radical (unpaired) electrons. The molecule has 0 atom stereocenters. The van der Waals surface area contributed by atoms with Gasteiger partial charge in [-0.2, -0.15) is 10.2 Å². The van der Waals surface area contributed by atoms with Crippen LogP contribution in [0.4, 0.5) is 0 Å². The van der Waals surface area contributed by atoms with Gasteiger partial charge in [-0.3, -0.25) is 9.36 Å². The number of benzene rings is 2. The van der Waals surface area contributed by atoms with Crippen molar-refractivity contribution in [1.82, 2.24) is 19.6 Å². The Hall–Kier alpha value is -3.65. The molecule has 0 bridgehead atoms. The second kappa shape index (κ2) is 10.3. The van der Waals surface area contributed by atoms with E-state index in [0.717, 1.165) is 45.7 Å². The van der Waals surface area contributed by atoms with E-state index in [1.165, 1.54) is 7.11 Å². The minimum Gasteiger partial charge on any atom is -0.494 e. The van der Waals surface area contributed by atoms with E-state index in [4.69, 9.17) is 19.3 Å². The lowest BCUT2D eigenvalue weighted by Crippen LogP contribution is -2.35. The Bertz CT molecular complexity index is 1320. The third kappa shape index (κ3) is 5.22. The molecule has 4 aromatic rings. The van der Waals surface area contributed by atoms with Crippen LogP contribution in [0.3, 0.4) is 0 Å². The maximum Gasteiger partial charge on any atom is 0.337 e. The summed E-state index contributed by atoms with van der Waals surface area (Å²) in [6, 6.07) is 16.3. The Balaban J connectivity index is 1.73. The molecule has 0 N–H and O–H groups in total. The fourth-order valence-corrected chi connectivity index (χ4v) is 4.03. The molecule has 2 aromatic heterocycles. The van der Waals surface area contributed by atoms with E-state index >= 15 is 0 Å². The smallest absolute Gasteiger partial charge is 0.337 e. The molecule has 0 fully saturated rings. The van der Waals surface area contributed by atoms with E-state index in [9.17, 15) is 4.79 Å². The van der Waals surface area contributed by atoms with E-state index in [0.29, 0.717) is 13.2 Å². The van der Waals surface area contributed by atoms with Crippen LogP contribution in [0.5, 0.6) is 5.75 Å². The SMILES string of the molecule is CCOc1ccccc1Cn1nc(COC(C)(C)C(=O)OC)cc1-c1ccc2cnn(CC)c2c1. The summed E-state index contributed by atoms with van der Waals surface area (Å²) < 4.78 is 20.5. The number of hydrogen-bond donors (Lipinski definition) is 0. The van der Waals surface area contributed by atoms with Gasteiger partial charge >= 0.3 is 5.97 Å². The molecule has 0 amide bonds. The normalized spacial score (nSPS) is 11.7. The number of esters is 1. The molecule has 0 unspecified atom stereocenters. The van der Waals surface area contributed by atoms with E-state index in [1.807, 2.05) is 52.8 Å². The standard InChI is InChI=1S/C27H32N4O4/c1-6-30-23-14-19(12-13-20(23)16-28-30)24-15-22(18-35-27(3,4)26(32)33-5)29-31(24)17-21-10-8-9-11-25(21)34-7-2/h8-16H,6-7,17-18H2,1-5H3. The van der Waals surface area contributed by atoms with Gasteiger partial charge in [0.1, 0.15) is 5.75 Å². The minimum atomic E-state index is -1.08. The average Bonchev–Trinajstić information content (AvgIpc) is 3.46. The van der Waals surface area contributed by atoms with Crippen LogP contribution in [-0.4, -0.2) is 44.8 Å². The predicted octanol–water partition coefficient (Wildman–Crippen LogP) is 4.83. The van der Waals surface area contributed by atoms with Crippen molar-refractivity contribution in [2.75, 3.05) is 13.7 Å². The predicted molar refractivity (Wildman–Crippen MR) is 134 cm³/mol. The fourth-order valence-electron chi connectivity index (χ4n) is 4.03. The molecule has 184 valence electrons. The quantitative estimate of drug-likeness (QED) is 0.305. The number of fused-ring (bicyclic) bond motifs is 1. The lowest BCUT2D eigenvalue weighted by Gasteiger charge is -2.21. The Morgan fingerprint density at radius 2 is 1.86 bits per heavy atom. The van der Waals surface area contributed by atoms with Gasteiger partial charge in [-0.15, -0.1) is 0 Å². The number of aryl methyl sites for hydroxylation is 1. The molecule has 0 aliphatic heterocycles. The zero-order chi connectivity index (χ0) is 25.0. The first-order chi connectivity index (χ1) is 16.9. The van der Waals surface area contributed by atoms with Crippen molar-refractivity contribution >= 4 is 16.9 Å². The van der Waals surface area contributed by atoms with Crippen molar-refractivity contribution in [1.29, 1.82) is 0 Å². The molecule has 0 saturated carbocycles. The van der Waals surface area contributed by atoms with E-state index < -0.39 is 11.6 Å². The van der Waals surface area contributed by atoms with E-state index in [1.54, 1.807) is 13.8 Å². The van der Waals surface area contributed by atoms with Crippen LogP contribution < -0.4 is 4.74 Å². The van der Waals surface area contributed by atoms with Crippen LogP contribution in [0.1, 0.15) is 39.0 Å². The number of rotatable bonds is 10. The molecule has 0 aliphatic carbocycles. The second-order valence-corrected chi connectivity index (χ2v) is 8.74. The summed E-state index contributed by atoms with van der Waals surface area (Å²) in [6.45, 7) is 9.50. The van der Waals surface area contributed by atoms with Gasteiger partial charge in [0.2, 0.25) is 0 Å². The van der Waals surface area contributed by atoms with Gasteiger partial charge in [-0.25, -0.2) is 4.79 Å². The van der Waals surface area contributed by atoms with Gasteiger partial charge in [0.05, 0.1) is 50.0 Å². The summed E-state index contributed by atoms with van der Waals surface area (Å²) in [4.78, 5) is 12.1. The Morgan fingerprint density at radius 3 is 2.60 bits per heavy atom. The van der Waals surface area contributed by atoms with Gasteiger partial charge in [0.25, 0.3) is 0 Å². The highest BCUT2D eigenvalue weighted by atomic mass is 16.6. The first-order valence-electron chi connectivity index (χ1n) is 11.8. The first kappa shape index (κ1) is 24.5. The average molecular weight is 477 g/mol. The van der Waals surface area contributed by atoms with Crippen molar-refractivity contribution in [2.45, 2.75) is 53.0 Å². The summed E-state index contributed by atoms with van der Waals surface area (Å²) in [5.41, 5.74) is 3.70. The van der Waals surface area contributed by atoms with Crippen molar-refractivity contribution in [3.05, 3.63) is 66.0 Å². The van der Waals surface area contributed by atoms with Crippen molar-refractivity contribution in [2.24, 2.45) is 0 Å². The highest BCUT2D eigenvalue weighted by molar-refractivity contribution is 5.84. The van der Waals surface area contributed by atoms with Crippen LogP contribution in [0.15, 0.2) is 54.7 Å². The van der Waals surface area contributed by atoms with Gasteiger partial charge in [-0.1, -0.05) is 30.3 Å².